The van der Waals surface area contributed by atoms with Gasteiger partial charge in [0.05, 0.1) is 5.56 Å². The highest BCUT2D eigenvalue weighted by atomic mass is 16.3. The van der Waals surface area contributed by atoms with E-state index in [1.807, 2.05) is 31.2 Å². The number of hydrogen-bond donors (Lipinski definition) is 2. The largest absolute Gasteiger partial charge is 0.466 e. The number of nitrogens with one attached hydrogen (secondary N) is 1. The topological polar surface area (TPSA) is 62.5 Å². The minimum atomic E-state index is -0.167. The molecule has 2 aromatic rings. The van der Waals surface area contributed by atoms with Gasteiger partial charge in [0, 0.05) is 12.1 Å². The maximum atomic E-state index is 12.1. The molecule has 0 aliphatic rings. The Balaban J connectivity index is 2.03. The minimum Gasteiger partial charge on any atom is -0.466 e. The third-order valence-electron chi connectivity index (χ3n) is 2.98. The Morgan fingerprint density at radius 1 is 1.33 bits per heavy atom. The van der Waals surface area contributed by atoms with Crippen molar-refractivity contribution in [2.24, 2.45) is 0 Å². The normalized spacial score (nSPS) is 9.86. The van der Waals surface area contributed by atoms with E-state index in [4.69, 9.17) is 9.52 Å². The number of aliphatic hydroxyl groups is 1. The molecule has 21 heavy (non-hydrogen) atoms. The van der Waals surface area contributed by atoms with Gasteiger partial charge in [-0.15, -0.1) is 0 Å². The lowest BCUT2D eigenvalue weighted by molar-refractivity contribution is 0.0949. The van der Waals surface area contributed by atoms with E-state index >= 15 is 0 Å². The first-order valence-corrected chi connectivity index (χ1v) is 6.64. The van der Waals surface area contributed by atoms with Crippen LogP contribution in [0.25, 0.3) is 0 Å². The average Bonchev–Trinajstić information content (AvgIpc) is 2.82. The molecule has 0 saturated heterocycles. The maximum Gasteiger partial charge on any atom is 0.255 e. The summed E-state index contributed by atoms with van der Waals surface area (Å²) < 4.78 is 5.35. The summed E-state index contributed by atoms with van der Waals surface area (Å²) in [5, 5.41) is 11.5. The molecule has 1 aromatic carbocycles. The number of carbonyl (C=O) groups excluding carboxylic acids is 1. The van der Waals surface area contributed by atoms with Crippen LogP contribution in [0.4, 0.5) is 0 Å². The van der Waals surface area contributed by atoms with Gasteiger partial charge in [-0.25, -0.2) is 0 Å². The van der Waals surface area contributed by atoms with E-state index in [0.717, 1.165) is 16.9 Å². The van der Waals surface area contributed by atoms with Crippen molar-refractivity contribution in [1.82, 2.24) is 5.32 Å². The Hall–Kier alpha value is -2.51. The van der Waals surface area contributed by atoms with Gasteiger partial charge in [0.15, 0.2) is 0 Å². The molecule has 2 N–H and O–H groups in total. The average molecular weight is 283 g/mol. The molecule has 0 aliphatic heterocycles. The van der Waals surface area contributed by atoms with Crippen LogP contribution in [-0.2, 0) is 6.54 Å². The molecular weight excluding hydrogens is 266 g/mol. The van der Waals surface area contributed by atoms with E-state index in [9.17, 15) is 4.79 Å². The second-order valence-corrected chi connectivity index (χ2v) is 4.67. The van der Waals surface area contributed by atoms with Crippen molar-refractivity contribution in [1.29, 1.82) is 0 Å². The lowest BCUT2D eigenvalue weighted by Gasteiger charge is -2.05. The molecule has 0 aliphatic carbocycles. The number of rotatable bonds is 3. The van der Waals surface area contributed by atoms with E-state index < -0.39 is 0 Å². The number of aliphatic hydroxyl groups excluding tert-OH is 1. The van der Waals surface area contributed by atoms with Crippen molar-refractivity contribution in [3.63, 3.8) is 0 Å². The summed E-state index contributed by atoms with van der Waals surface area (Å²) in [6, 6.07) is 9.26. The van der Waals surface area contributed by atoms with E-state index in [0.29, 0.717) is 17.9 Å². The smallest absolute Gasteiger partial charge is 0.255 e. The number of furan rings is 1. The van der Waals surface area contributed by atoms with Crippen LogP contribution in [0.5, 0.6) is 0 Å². The zero-order valence-electron chi connectivity index (χ0n) is 12.1. The molecule has 0 bridgehead atoms. The van der Waals surface area contributed by atoms with Gasteiger partial charge in [-0.1, -0.05) is 24.0 Å². The summed E-state index contributed by atoms with van der Waals surface area (Å²) in [4.78, 5) is 12.1. The van der Waals surface area contributed by atoms with Crippen molar-refractivity contribution in [2.75, 3.05) is 6.61 Å². The van der Waals surface area contributed by atoms with Gasteiger partial charge >= 0.3 is 0 Å². The number of aryl methyl sites for hydroxylation is 2. The van der Waals surface area contributed by atoms with Gasteiger partial charge < -0.3 is 14.8 Å². The minimum absolute atomic E-state index is 0.156. The molecule has 0 saturated carbocycles. The van der Waals surface area contributed by atoms with Gasteiger partial charge in [0.1, 0.15) is 18.1 Å². The molecule has 0 unspecified atom stereocenters. The first-order valence-electron chi connectivity index (χ1n) is 6.64. The monoisotopic (exact) mass is 283 g/mol. The SMILES string of the molecule is Cc1cc(C(=O)NCc2cccc(C#CCO)c2)c(C)o1. The molecule has 1 heterocycles. The molecule has 4 nitrogen and oxygen atoms in total. The van der Waals surface area contributed by atoms with Crippen LogP contribution in [0, 0.1) is 25.7 Å². The summed E-state index contributed by atoms with van der Waals surface area (Å²) >= 11 is 0. The maximum absolute atomic E-state index is 12.1. The first kappa shape index (κ1) is 14.9. The van der Waals surface area contributed by atoms with Crippen molar-refractivity contribution in [3.8, 4) is 11.8 Å². The fourth-order valence-corrected chi connectivity index (χ4v) is 2.03. The van der Waals surface area contributed by atoms with Crippen LogP contribution in [-0.4, -0.2) is 17.6 Å². The molecule has 0 fully saturated rings. The summed E-state index contributed by atoms with van der Waals surface area (Å²) in [6.07, 6.45) is 0. The lowest BCUT2D eigenvalue weighted by Crippen LogP contribution is -2.22. The van der Waals surface area contributed by atoms with Crippen LogP contribution < -0.4 is 5.32 Å². The standard InChI is InChI=1S/C17H17NO3/c1-12-9-16(13(2)21-12)17(20)18-11-15-6-3-5-14(10-15)7-4-8-19/h3,5-6,9-10,19H,8,11H2,1-2H3,(H,18,20). The Morgan fingerprint density at radius 2 is 2.14 bits per heavy atom. The van der Waals surface area contributed by atoms with Crippen LogP contribution in [0.3, 0.4) is 0 Å². The van der Waals surface area contributed by atoms with Gasteiger partial charge in [0.2, 0.25) is 0 Å². The zero-order valence-corrected chi connectivity index (χ0v) is 12.1. The summed E-state index contributed by atoms with van der Waals surface area (Å²) in [6.45, 7) is 3.83. The first-order chi connectivity index (χ1) is 10.1. The highest BCUT2D eigenvalue weighted by molar-refractivity contribution is 5.95. The third kappa shape index (κ3) is 3.98. The second-order valence-electron chi connectivity index (χ2n) is 4.67. The highest BCUT2D eigenvalue weighted by Gasteiger charge is 2.12. The number of amides is 1. The van der Waals surface area contributed by atoms with Crippen molar-refractivity contribution in [2.45, 2.75) is 20.4 Å². The summed E-state index contributed by atoms with van der Waals surface area (Å²) in [7, 11) is 0. The van der Waals surface area contributed by atoms with E-state index in [1.165, 1.54) is 0 Å². The molecule has 108 valence electrons. The highest BCUT2D eigenvalue weighted by Crippen LogP contribution is 2.13. The van der Waals surface area contributed by atoms with Gasteiger partial charge in [-0.3, -0.25) is 4.79 Å². The lowest BCUT2D eigenvalue weighted by atomic mass is 10.1. The third-order valence-corrected chi connectivity index (χ3v) is 2.98. The fourth-order valence-electron chi connectivity index (χ4n) is 2.03. The summed E-state index contributed by atoms with van der Waals surface area (Å²) in [5.41, 5.74) is 2.32. The summed E-state index contributed by atoms with van der Waals surface area (Å²) in [5.74, 6) is 6.62. The Morgan fingerprint density at radius 3 is 2.81 bits per heavy atom. The Kier molecular flexibility index (Phi) is 4.81. The van der Waals surface area contributed by atoms with Crippen molar-refractivity contribution in [3.05, 3.63) is 58.5 Å². The van der Waals surface area contributed by atoms with Gasteiger partial charge in [-0.2, -0.15) is 0 Å². The van der Waals surface area contributed by atoms with Crippen LogP contribution in [0.2, 0.25) is 0 Å². The molecule has 4 heteroatoms. The van der Waals surface area contributed by atoms with Crippen LogP contribution >= 0.6 is 0 Å². The van der Waals surface area contributed by atoms with Gasteiger partial charge in [-0.05, 0) is 37.6 Å². The molecule has 0 spiro atoms. The fraction of sp³-hybridized carbons (Fsp3) is 0.235. The molecule has 0 atom stereocenters. The van der Waals surface area contributed by atoms with Crippen molar-refractivity contribution >= 4 is 5.91 Å². The van der Waals surface area contributed by atoms with Crippen LogP contribution in [0.1, 0.15) is 33.0 Å². The van der Waals surface area contributed by atoms with E-state index in [1.54, 1.807) is 13.0 Å². The quantitative estimate of drug-likeness (QED) is 0.849. The zero-order chi connectivity index (χ0) is 15.2. The molecular formula is C17H17NO3. The molecule has 1 aromatic heterocycles. The Bertz CT molecular complexity index is 704. The Labute approximate surface area is 123 Å². The van der Waals surface area contributed by atoms with Crippen molar-refractivity contribution < 1.29 is 14.3 Å². The molecule has 1 amide bonds. The molecule has 0 radical (unpaired) electrons. The van der Waals surface area contributed by atoms with E-state index in [2.05, 4.69) is 17.2 Å². The second kappa shape index (κ2) is 6.78. The predicted molar refractivity (Wildman–Crippen MR) is 79.8 cm³/mol. The predicted octanol–water partition coefficient (Wildman–Crippen LogP) is 2.17. The van der Waals surface area contributed by atoms with Gasteiger partial charge in [0.25, 0.3) is 5.91 Å². The molecule has 2 rings (SSSR count). The number of benzene rings is 1. The van der Waals surface area contributed by atoms with Crippen LogP contribution in [0.15, 0.2) is 34.7 Å². The number of carbonyl (C=O) groups is 1. The number of hydrogen-bond acceptors (Lipinski definition) is 3. The van der Waals surface area contributed by atoms with E-state index in [-0.39, 0.29) is 12.5 Å².